The minimum absolute atomic E-state index is 0.560. The molecule has 0 aliphatic rings. The second-order valence-corrected chi connectivity index (χ2v) is 6.34. The average molecular weight is 299 g/mol. The maximum atomic E-state index is 5.67. The number of rotatable bonds is 2. The molecule has 4 nitrogen and oxygen atoms in total. The van der Waals surface area contributed by atoms with Gasteiger partial charge in [0.2, 0.25) is 5.82 Å². The van der Waals surface area contributed by atoms with Crippen molar-refractivity contribution in [2.45, 2.75) is 0 Å². The highest BCUT2D eigenvalue weighted by Crippen LogP contribution is 2.36. The number of hydrogen-bond acceptors (Lipinski definition) is 6. The van der Waals surface area contributed by atoms with E-state index in [0.717, 1.165) is 16.1 Å². The zero-order valence-electron chi connectivity index (χ0n) is 10.2. The Kier molecular flexibility index (Phi) is 2.58. The molecule has 0 amide bonds. The summed E-state index contributed by atoms with van der Waals surface area (Å²) in [5.41, 5.74) is 7.29. The Morgan fingerprint density at radius 3 is 2.70 bits per heavy atom. The van der Waals surface area contributed by atoms with Crippen LogP contribution in [0, 0.1) is 0 Å². The van der Waals surface area contributed by atoms with E-state index < -0.39 is 0 Å². The monoisotopic (exact) mass is 299 g/mol. The Labute approximate surface area is 122 Å². The van der Waals surface area contributed by atoms with E-state index in [2.05, 4.69) is 27.7 Å². The number of nitrogens with zero attached hydrogens (tertiary/aromatic N) is 2. The van der Waals surface area contributed by atoms with Crippen LogP contribution in [-0.4, -0.2) is 10.1 Å². The van der Waals surface area contributed by atoms with Gasteiger partial charge in [0.1, 0.15) is 0 Å². The van der Waals surface area contributed by atoms with Gasteiger partial charge in [0.05, 0.1) is 4.88 Å². The highest BCUT2D eigenvalue weighted by Gasteiger charge is 2.13. The van der Waals surface area contributed by atoms with Crippen LogP contribution in [0.4, 0.5) is 5.69 Å². The fourth-order valence-corrected chi connectivity index (χ4v) is 3.97. The Morgan fingerprint density at radius 1 is 1.05 bits per heavy atom. The molecule has 0 aliphatic carbocycles. The number of hydrogen-bond donors (Lipinski definition) is 1. The third kappa shape index (κ3) is 1.90. The van der Waals surface area contributed by atoms with Gasteiger partial charge in [0.25, 0.3) is 5.89 Å². The number of nitrogen functional groups attached to an aromatic ring is 1. The molecular weight excluding hydrogens is 290 g/mol. The number of nitrogens with two attached hydrogens (primary N) is 1. The summed E-state index contributed by atoms with van der Waals surface area (Å²) in [5.74, 6) is 1.14. The molecular formula is C14H9N3OS2. The highest BCUT2D eigenvalue weighted by molar-refractivity contribution is 7.28. The van der Waals surface area contributed by atoms with E-state index in [0.29, 0.717) is 11.7 Å². The van der Waals surface area contributed by atoms with E-state index in [4.69, 9.17) is 10.3 Å². The fourth-order valence-electron chi connectivity index (χ4n) is 1.94. The Morgan fingerprint density at radius 2 is 1.90 bits per heavy atom. The summed E-state index contributed by atoms with van der Waals surface area (Å²) in [6, 6.07) is 11.6. The van der Waals surface area contributed by atoms with Crippen molar-refractivity contribution in [3.8, 4) is 22.2 Å². The van der Waals surface area contributed by atoms with Crippen molar-refractivity contribution in [2.75, 3.05) is 5.73 Å². The molecule has 0 aliphatic heterocycles. The van der Waals surface area contributed by atoms with E-state index in [-0.39, 0.29) is 0 Å². The number of fused-ring (bicyclic) bond motifs is 1. The zero-order chi connectivity index (χ0) is 13.5. The van der Waals surface area contributed by atoms with Crippen LogP contribution in [0.5, 0.6) is 0 Å². The van der Waals surface area contributed by atoms with Crippen LogP contribution in [-0.2, 0) is 0 Å². The van der Waals surface area contributed by atoms with Crippen molar-refractivity contribution in [2.24, 2.45) is 0 Å². The smallest absolute Gasteiger partial charge is 0.268 e. The minimum atomic E-state index is 0.560. The van der Waals surface area contributed by atoms with Gasteiger partial charge in [-0.3, -0.25) is 0 Å². The van der Waals surface area contributed by atoms with E-state index in [9.17, 15) is 0 Å². The summed E-state index contributed by atoms with van der Waals surface area (Å²) in [5, 5.41) is 6.11. The predicted octanol–water partition coefficient (Wildman–Crippen LogP) is 4.26. The lowest BCUT2D eigenvalue weighted by atomic mass is 10.2. The summed E-state index contributed by atoms with van der Waals surface area (Å²) in [6.45, 7) is 0. The molecule has 0 spiro atoms. The van der Waals surface area contributed by atoms with Crippen molar-refractivity contribution >= 4 is 37.8 Å². The molecule has 4 aromatic rings. The molecule has 0 saturated heterocycles. The predicted molar refractivity (Wildman–Crippen MR) is 82.8 cm³/mol. The molecule has 0 atom stereocenters. The van der Waals surface area contributed by atoms with Gasteiger partial charge in [-0.1, -0.05) is 5.16 Å². The largest absolute Gasteiger partial charge is 0.399 e. The molecule has 0 bridgehead atoms. The second-order valence-electron chi connectivity index (χ2n) is 4.30. The van der Waals surface area contributed by atoms with Gasteiger partial charge in [0.15, 0.2) is 0 Å². The first-order valence-electron chi connectivity index (χ1n) is 5.96. The number of benzene rings is 1. The van der Waals surface area contributed by atoms with E-state index in [1.54, 1.807) is 22.7 Å². The second kappa shape index (κ2) is 4.43. The normalized spacial score (nSPS) is 11.2. The van der Waals surface area contributed by atoms with E-state index in [1.165, 1.54) is 9.40 Å². The van der Waals surface area contributed by atoms with Crippen LogP contribution in [0.3, 0.4) is 0 Å². The Hall–Kier alpha value is -2.18. The van der Waals surface area contributed by atoms with Crippen LogP contribution >= 0.6 is 22.7 Å². The first-order valence-corrected chi connectivity index (χ1v) is 7.66. The van der Waals surface area contributed by atoms with Gasteiger partial charge in [-0.25, -0.2) is 0 Å². The summed E-state index contributed by atoms with van der Waals surface area (Å²) in [4.78, 5) is 5.45. The molecule has 0 saturated carbocycles. The van der Waals surface area contributed by atoms with Crippen molar-refractivity contribution in [3.05, 3.63) is 41.8 Å². The molecule has 2 N–H and O–H groups in total. The summed E-state index contributed by atoms with van der Waals surface area (Å²) in [7, 11) is 0. The molecule has 1 aromatic carbocycles. The SMILES string of the molecule is Nc1ccc(-c2noc(-c3cc4sccc4s3)n2)cc1. The topological polar surface area (TPSA) is 64.9 Å². The number of anilines is 1. The van der Waals surface area contributed by atoms with Crippen LogP contribution in [0.15, 0.2) is 46.3 Å². The van der Waals surface area contributed by atoms with Gasteiger partial charge >= 0.3 is 0 Å². The maximum absolute atomic E-state index is 5.67. The quantitative estimate of drug-likeness (QED) is 0.562. The highest BCUT2D eigenvalue weighted by atomic mass is 32.1. The lowest BCUT2D eigenvalue weighted by Gasteiger charge is -1.94. The molecule has 6 heteroatoms. The van der Waals surface area contributed by atoms with Gasteiger partial charge in [-0.2, -0.15) is 4.98 Å². The maximum Gasteiger partial charge on any atom is 0.268 e. The van der Waals surface area contributed by atoms with E-state index >= 15 is 0 Å². The van der Waals surface area contributed by atoms with Crippen molar-refractivity contribution in [3.63, 3.8) is 0 Å². The molecule has 0 fully saturated rings. The van der Waals surface area contributed by atoms with Crippen molar-refractivity contribution in [1.82, 2.24) is 10.1 Å². The minimum Gasteiger partial charge on any atom is -0.399 e. The lowest BCUT2D eigenvalue weighted by molar-refractivity contribution is 0.433. The van der Waals surface area contributed by atoms with Crippen LogP contribution < -0.4 is 5.73 Å². The van der Waals surface area contributed by atoms with E-state index in [1.807, 2.05) is 24.3 Å². The zero-order valence-corrected chi connectivity index (χ0v) is 11.9. The molecule has 98 valence electrons. The molecule has 20 heavy (non-hydrogen) atoms. The lowest BCUT2D eigenvalue weighted by Crippen LogP contribution is -1.85. The van der Waals surface area contributed by atoms with Gasteiger partial charge in [-0.15, -0.1) is 22.7 Å². The van der Waals surface area contributed by atoms with Gasteiger partial charge in [-0.05, 0) is 41.8 Å². The molecule has 3 aromatic heterocycles. The molecule has 0 radical (unpaired) electrons. The fraction of sp³-hybridized carbons (Fsp3) is 0. The molecule has 4 rings (SSSR count). The first-order chi connectivity index (χ1) is 9.79. The van der Waals surface area contributed by atoms with Crippen molar-refractivity contribution in [1.29, 1.82) is 0 Å². The molecule has 0 unspecified atom stereocenters. The standard InChI is InChI=1S/C14H9N3OS2/c15-9-3-1-8(2-4-9)13-16-14(18-17-13)12-7-11-10(20-12)5-6-19-11/h1-7H,15H2. The average Bonchev–Trinajstić information content (AvgIpc) is 3.14. The summed E-state index contributed by atoms with van der Waals surface area (Å²) < 4.78 is 7.85. The third-order valence-electron chi connectivity index (χ3n) is 2.95. The van der Waals surface area contributed by atoms with Gasteiger partial charge < -0.3 is 10.3 Å². The van der Waals surface area contributed by atoms with Crippen molar-refractivity contribution < 1.29 is 4.52 Å². The summed E-state index contributed by atoms with van der Waals surface area (Å²) >= 11 is 3.38. The van der Waals surface area contributed by atoms with Gasteiger partial charge in [0, 0.05) is 20.7 Å². The number of thiophene rings is 2. The third-order valence-corrected chi connectivity index (χ3v) is 5.03. The Balaban J connectivity index is 1.74. The number of aromatic nitrogens is 2. The van der Waals surface area contributed by atoms with Crippen LogP contribution in [0.25, 0.3) is 31.6 Å². The van der Waals surface area contributed by atoms with Crippen LogP contribution in [0.1, 0.15) is 0 Å². The first kappa shape index (κ1) is 11.6. The summed E-state index contributed by atoms with van der Waals surface area (Å²) in [6.07, 6.45) is 0. The Bertz CT molecular complexity index is 845. The van der Waals surface area contributed by atoms with Crippen LogP contribution in [0.2, 0.25) is 0 Å². The molecule has 3 heterocycles.